The molecule has 0 amide bonds. The molecule has 3 nitrogen and oxygen atoms in total. The summed E-state index contributed by atoms with van der Waals surface area (Å²) in [6.45, 7) is 1.83. The van der Waals surface area contributed by atoms with E-state index in [9.17, 15) is 0 Å². The van der Waals surface area contributed by atoms with Crippen molar-refractivity contribution in [1.82, 2.24) is 14.5 Å². The molecule has 0 fully saturated rings. The number of aryl methyl sites for hydroxylation is 2. The van der Waals surface area contributed by atoms with Gasteiger partial charge in [0.1, 0.15) is 16.6 Å². The highest BCUT2D eigenvalue weighted by Gasteiger charge is 2.10. The van der Waals surface area contributed by atoms with E-state index in [4.69, 9.17) is 11.6 Å². The fourth-order valence-electron chi connectivity index (χ4n) is 1.28. The second-order valence-electron chi connectivity index (χ2n) is 2.85. The molecule has 2 aromatic rings. The molecule has 0 aliphatic carbocycles. The smallest absolute Gasteiger partial charge is 0.146 e. The van der Waals surface area contributed by atoms with Gasteiger partial charge < -0.3 is 4.57 Å². The summed E-state index contributed by atoms with van der Waals surface area (Å²) in [5.74, 6) is 0.686. The maximum Gasteiger partial charge on any atom is 0.146 e. The summed E-state index contributed by atoms with van der Waals surface area (Å²) in [4.78, 5) is 8.38. The quantitative estimate of drug-likeness (QED) is 0.682. The third kappa shape index (κ3) is 1.34. The molecule has 0 bridgehead atoms. The van der Waals surface area contributed by atoms with Crippen molar-refractivity contribution in [3.8, 4) is 0 Å². The Morgan fingerprint density at radius 3 is 2.85 bits per heavy atom. The minimum Gasteiger partial charge on any atom is -0.334 e. The Bertz CT molecular complexity index is 478. The number of hydrogen-bond donors (Lipinski definition) is 0. The second-order valence-corrected chi connectivity index (χ2v) is 4.06. The van der Waals surface area contributed by atoms with Crippen LogP contribution in [0, 0.1) is 6.92 Å². The summed E-state index contributed by atoms with van der Waals surface area (Å²) < 4.78 is 2.84. The van der Waals surface area contributed by atoms with Crippen LogP contribution in [-0.2, 0) is 7.05 Å². The van der Waals surface area contributed by atoms with Crippen LogP contribution in [0.4, 0.5) is 0 Å². The van der Waals surface area contributed by atoms with Gasteiger partial charge in [-0.15, -0.1) is 0 Å². The Morgan fingerprint density at radius 2 is 2.15 bits per heavy atom. The van der Waals surface area contributed by atoms with E-state index in [1.807, 2.05) is 24.7 Å². The first-order chi connectivity index (χ1) is 6.09. The Hall–Kier alpha value is -0.610. The van der Waals surface area contributed by atoms with E-state index in [2.05, 4.69) is 25.9 Å². The van der Waals surface area contributed by atoms with Crippen LogP contribution >= 0.6 is 27.5 Å². The third-order valence-corrected chi connectivity index (χ3v) is 2.71. The molecule has 0 atom stereocenters. The Balaban J connectivity index is 2.97. The molecule has 0 radical (unpaired) electrons. The van der Waals surface area contributed by atoms with Crippen LogP contribution in [0.1, 0.15) is 5.82 Å². The van der Waals surface area contributed by atoms with Gasteiger partial charge >= 0.3 is 0 Å². The van der Waals surface area contributed by atoms with Crippen molar-refractivity contribution >= 4 is 38.6 Å². The van der Waals surface area contributed by atoms with E-state index in [1.54, 1.807) is 0 Å². The van der Waals surface area contributed by atoms with Crippen molar-refractivity contribution in [3.63, 3.8) is 0 Å². The molecule has 0 aliphatic heterocycles. The third-order valence-electron chi connectivity index (χ3n) is 1.84. The average molecular weight is 261 g/mol. The van der Waals surface area contributed by atoms with E-state index in [-0.39, 0.29) is 0 Å². The largest absolute Gasteiger partial charge is 0.334 e. The van der Waals surface area contributed by atoms with Crippen molar-refractivity contribution in [1.29, 1.82) is 0 Å². The van der Waals surface area contributed by atoms with Gasteiger partial charge in [-0.3, -0.25) is 0 Å². The van der Waals surface area contributed by atoms with Gasteiger partial charge in [-0.25, -0.2) is 9.97 Å². The average Bonchev–Trinajstić information content (AvgIpc) is 2.27. The van der Waals surface area contributed by atoms with Crippen molar-refractivity contribution in [3.05, 3.63) is 21.6 Å². The van der Waals surface area contributed by atoms with Gasteiger partial charge in [0.15, 0.2) is 0 Å². The molecule has 0 aromatic carbocycles. The van der Waals surface area contributed by atoms with Gasteiger partial charge in [0.25, 0.3) is 0 Å². The summed E-state index contributed by atoms with van der Waals surface area (Å²) in [5, 5.41) is 1.37. The molecule has 13 heavy (non-hydrogen) atoms. The zero-order valence-corrected chi connectivity index (χ0v) is 9.52. The SMILES string of the molecule is Cc1nc(Cl)c2c(Br)cn(C)c2n1. The van der Waals surface area contributed by atoms with Crippen LogP contribution in [0.25, 0.3) is 11.0 Å². The highest BCUT2D eigenvalue weighted by Crippen LogP contribution is 2.29. The predicted molar refractivity (Wildman–Crippen MR) is 56.0 cm³/mol. The molecule has 0 unspecified atom stereocenters. The van der Waals surface area contributed by atoms with Crippen LogP contribution < -0.4 is 0 Å². The first-order valence-corrected chi connectivity index (χ1v) is 4.91. The van der Waals surface area contributed by atoms with Crippen molar-refractivity contribution in [2.75, 3.05) is 0 Å². The van der Waals surface area contributed by atoms with Gasteiger partial charge in [0, 0.05) is 17.7 Å². The maximum absolute atomic E-state index is 5.99. The van der Waals surface area contributed by atoms with E-state index in [1.165, 1.54) is 0 Å². The maximum atomic E-state index is 5.99. The van der Waals surface area contributed by atoms with Crippen LogP contribution in [0.15, 0.2) is 10.7 Å². The lowest BCUT2D eigenvalue weighted by molar-refractivity contribution is 0.930. The number of nitrogens with zero attached hydrogens (tertiary/aromatic N) is 3. The van der Waals surface area contributed by atoms with Crippen molar-refractivity contribution in [2.24, 2.45) is 7.05 Å². The minimum absolute atomic E-state index is 0.495. The molecule has 0 spiro atoms. The molecule has 0 saturated carbocycles. The van der Waals surface area contributed by atoms with Gasteiger partial charge in [0.05, 0.1) is 5.39 Å². The topological polar surface area (TPSA) is 30.7 Å². The van der Waals surface area contributed by atoms with E-state index in [0.717, 1.165) is 15.5 Å². The number of fused-ring (bicyclic) bond motifs is 1. The molecular weight excluding hydrogens is 253 g/mol. The summed E-state index contributed by atoms with van der Waals surface area (Å²) in [5.41, 5.74) is 0.851. The lowest BCUT2D eigenvalue weighted by Crippen LogP contribution is -1.93. The van der Waals surface area contributed by atoms with Crippen molar-refractivity contribution in [2.45, 2.75) is 6.92 Å². The van der Waals surface area contributed by atoms with E-state index in [0.29, 0.717) is 11.0 Å². The highest BCUT2D eigenvalue weighted by atomic mass is 79.9. The Morgan fingerprint density at radius 1 is 1.46 bits per heavy atom. The van der Waals surface area contributed by atoms with Crippen LogP contribution in [-0.4, -0.2) is 14.5 Å². The minimum atomic E-state index is 0.495. The Labute approximate surface area is 88.9 Å². The highest BCUT2D eigenvalue weighted by molar-refractivity contribution is 9.10. The fourth-order valence-corrected chi connectivity index (χ4v) is 2.38. The summed E-state index contributed by atoms with van der Waals surface area (Å²) in [6.07, 6.45) is 1.92. The predicted octanol–water partition coefficient (Wildman–Crippen LogP) is 2.69. The molecular formula is C8H7BrClN3. The lowest BCUT2D eigenvalue weighted by Gasteiger charge is -1.98. The number of rotatable bonds is 0. The van der Waals surface area contributed by atoms with Crippen LogP contribution in [0.2, 0.25) is 5.15 Å². The van der Waals surface area contributed by atoms with Crippen molar-refractivity contribution < 1.29 is 0 Å². The van der Waals surface area contributed by atoms with Crippen LogP contribution in [0.5, 0.6) is 0 Å². The summed E-state index contributed by atoms with van der Waals surface area (Å²) in [7, 11) is 1.93. The molecule has 0 N–H and O–H groups in total. The van der Waals surface area contributed by atoms with Gasteiger partial charge in [0.2, 0.25) is 0 Å². The zero-order chi connectivity index (χ0) is 9.59. The van der Waals surface area contributed by atoms with Crippen LogP contribution in [0.3, 0.4) is 0 Å². The molecule has 68 valence electrons. The molecule has 2 rings (SSSR count). The molecule has 2 aromatic heterocycles. The monoisotopic (exact) mass is 259 g/mol. The molecule has 5 heteroatoms. The van der Waals surface area contributed by atoms with Gasteiger partial charge in [-0.05, 0) is 22.9 Å². The second kappa shape index (κ2) is 2.96. The normalized spacial score (nSPS) is 11.1. The zero-order valence-electron chi connectivity index (χ0n) is 7.17. The standard InChI is InChI=1S/C8H7BrClN3/c1-4-11-7(10)6-5(9)3-13(2)8(6)12-4/h3H,1-2H3. The summed E-state index contributed by atoms with van der Waals surface area (Å²) in [6, 6.07) is 0. The lowest BCUT2D eigenvalue weighted by atomic mass is 10.4. The first kappa shape index (κ1) is 8.97. The molecule has 2 heterocycles. The summed E-state index contributed by atoms with van der Waals surface area (Å²) >= 11 is 9.39. The first-order valence-electron chi connectivity index (χ1n) is 3.74. The fraction of sp³-hybridized carbons (Fsp3) is 0.250. The van der Waals surface area contributed by atoms with E-state index >= 15 is 0 Å². The van der Waals surface area contributed by atoms with E-state index < -0.39 is 0 Å². The number of halogens is 2. The number of aromatic nitrogens is 3. The molecule has 0 saturated heterocycles. The van der Waals surface area contributed by atoms with Gasteiger partial charge in [-0.2, -0.15) is 0 Å². The number of hydrogen-bond acceptors (Lipinski definition) is 2. The Kier molecular flexibility index (Phi) is 2.04. The molecule has 0 aliphatic rings. The van der Waals surface area contributed by atoms with Gasteiger partial charge in [-0.1, -0.05) is 11.6 Å².